The Morgan fingerprint density at radius 1 is 0.583 bits per heavy atom. The molecule has 0 saturated heterocycles. The average molecular weight is 500 g/mol. The molecule has 0 atom stereocenters. The number of pyridine rings is 1. The van der Waals surface area contributed by atoms with Gasteiger partial charge in [0.1, 0.15) is 11.6 Å². The van der Waals surface area contributed by atoms with Crippen LogP contribution >= 0.6 is 11.8 Å². The van der Waals surface area contributed by atoms with Gasteiger partial charge in [0.2, 0.25) is 0 Å². The minimum atomic E-state index is 0.822. The molecule has 5 aromatic rings. The largest absolute Gasteiger partial charge is 0.329 e. The molecule has 0 bridgehead atoms. The number of aromatic nitrogens is 7. The third-order valence-electron chi connectivity index (χ3n) is 4.43. The second-order valence-electron chi connectivity index (χ2n) is 7.75. The number of hydrogen-bond donors (Lipinski definition) is 0. The molecule has 186 valence electrons. The molecule has 0 fully saturated rings. The monoisotopic (exact) mass is 499 g/mol. The molecule has 0 radical (unpaired) electrons. The topological polar surface area (TPSA) is 82.3 Å². The molecule has 4 heterocycles. The van der Waals surface area contributed by atoms with E-state index in [9.17, 15) is 0 Å². The number of aryl methyl sites for hydroxylation is 6. The van der Waals surface area contributed by atoms with Gasteiger partial charge in [-0.05, 0) is 71.0 Å². The summed E-state index contributed by atoms with van der Waals surface area (Å²) in [6.07, 6.45) is 10.8. The quantitative estimate of drug-likeness (QED) is 0.288. The van der Waals surface area contributed by atoms with E-state index in [0.717, 1.165) is 28.2 Å². The maximum atomic E-state index is 4.26. The van der Waals surface area contributed by atoms with E-state index in [1.807, 2.05) is 76.0 Å². The van der Waals surface area contributed by atoms with Gasteiger partial charge in [-0.3, -0.25) is 4.98 Å². The molecule has 0 spiro atoms. The summed E-state index contributed by atoms with van der Waals surface area (Å²) >= 11 is 1.68. The van der Waals surface area contributed by atoms with Crippen LogP contribution in [0.5, 0.6) is 0 Å². The number of benzene rings is 1. The maximum Gasteiger partial charge on any atom is 0.172 e. The lowest BCUT2D eigenvalue weighted by Crippen LogP contribution is -1.87. The van der Waals surface area contributed by atoms with Crippen molar-refractivity contribution >= 4 is 11.8 Å². The summed E-state index contributed by atoms with van der Waals surface area (Å²) in [5, 5.41) is 1.02. The Morgan fingerprint density at radius 3 is 1.67 bits per heavy atom. The summed E-state index contributed by atoms with van der Waals surface area (Å²) in [6.45, 7) is 9.76. The first kappa shape index (κ1) is 28.3. The molecular formula is C28H33N7S. The standard InChI is InChI=1S/C11H12N2S.C6H8N2.C6H7N.C5H6N2/c1-9-3-5-10(6-4-9)14-11-12-7-8-13(11)2;1-5-3-4-7-6(2)8-5;1-6-4-2-3-5-7-6;1-5-6-3-2-4-7-5/h3-8H,1-2H3;3-4H,1-2H3;2-5H,1H3;2-4H,1H3. The Labute approximate surface area is 218 Å². The highest BCUT2D eigenvalue weighted by molar-refractivity contribution is 7.99. The van der Waals surface area contributed by atoms with Gasteiger partial charge in [0.15, 0.2) is 5.16 Å². The van der Waals surface area contributed by atoms with Gasteiger partial charge >= 0.3 is 0 Å². The van der Waals surface area contributed by atoms with Crippen LogP contribution in [-0.4, -0.2) is 34.5 Å². The van der Waals surface area contributed by atoms with Crippen LogP contribution in [0, 0.1) is 34.6 Å². The fourth-order valence-corrected chi connectivity index (χ4v) is 3.36. The van der Waals surface area contributed by atoms with Gasteiger partial charge in [0.05, 0.1) is 0 Å². The first-order chi connectivity index (χ1) is 17.3. The van der Waals surface area contributed by atoms with Crippen LogP contribution in [0.4, 0.5) is 0 Å². The highest BCUT2D eigenvalue weighted by atomic mass is 32.2. The van der Waals surface area contributed by atoms with Crippen molar-refractivity contribution < 1.29 is 0 Å². The third-order valence-corrected chi connectivity index (χ3v) is 5.51. The number of nitrogens with zero attached hydrogens (tertiary/aromatic N) is 7. The van der Waals surface area contributed by atoms with E-state index >= 15 is 0 Å². The summed E-state index contributed by atoms with van der Waals surface area (Å²) in [4.78, 5) is 25.2. The summed E-state index contributed by atoms with van der Waals surface area (Å²) in [5.41, 5.74) is 3.38. The van der Waals surface area contributed by atoms with E-state index < -0.39 is 0 Å². The normalized spacial score (nSPS) is 9.50. The minimum Gasteiger partial charge on any atom is -0.329 e. The second-order valence-corrected chi connectivity index (χ2v) is 8.79. The van der Waals surface area contributed by atoms with Crippen molar-refractivity contribution in [3.8, 4) is 0 Å². The summed E-state index contributed by atoms with van der Waals surface area (Å²) in [5.74, 6) is 1.66. The van der Waals surface area contributed by atoms with Crippen LogP contribution in [0.15, 0.2) is 102 Å². The number of imidazole rings is 1. The van der Waals surface area contributed by atoms with Crippen molar-refractivity contribution in [1.82, 2.24) is 34.5 Å². The van der Waals surface area contributed by atoms with E-state index in [1.54, 1.807) is 42.6 Å². The summed E-state index contributed by atoms with van der Waals surface area (Å²) in [6, 6.07) is 18.0. The van der Waals surface area contributed by atoms with Crippen molar-refractivity contribution in [2.75, 3.05) is 0 Å². The molecule has 0 amide bonds. The van der Waals surface area contributed by atoms with Crippen LogP contribution in [0.3, 0.4) is 0 Å². The Hall–Kier alpha value is -3.91. The molecule has 0 unspecified atom stereocenters. The molecule has 0 N–H and O–H groups in total. The first-order valence-corrected chi connectivity index (χ1v) is 12.2. The fraction of sp³-hybridized carbons (Fsp3) is 0.214. The van der Waals surface area contributed by atoms with E-state index in [-0.39, 0.29) is 0 Å². The zero-order chi connectivity index (χ0) is 26.2. The van der Waals surface area contributed by atoms with Crippen molar-refractivity contribution in [2.45, 2.75) is 44.7 Å². The van der Waals surface area contributed by atoms with Gasteiger partial charge in [-0.2, -0.15) is 0 Å². The zero-order valence-electron chi connectivity index (χ0n) is 21.7. The summed E-state index contributed by atoms with van der Waals surface area (Å²) in [7, 11) is 2.00. The lowest BCUT2D eigenvalue weighted by Gasteiger charge is -2.01. The van der Waals surface area contributed by atoms with E-state index in [0.29, 0.717) is 0 Å². The van der Waals surface area contributed by atoms with E-state index in [4.69, 9.17) is 0 Å². The molecule has 8 heteroatoms. The Balaban J connectivity index is 0.000000179. The van der Waals surface area contributed by atoms with Gasteiger partial charge in [-0.25, -0.2) is 24.9 Å². The summed E-state index contributed by atoms with van der Waals surface area (Å²) < 4.78 is 2.02. The van der Waals surface area contributed by atoms with E-state index in [1.165, 1.54) is 10.5 Å². The first-order valence-electron chi connectivity index (χ1n) is 11.4. The van der Waals surface area contributed by atoms with Crippen LogP contribution < -0.4 is 0 Å². The van der Waals surface area contributed by atoms with Crippen molar-refractivity contribution in [1.29, 1.82) is 0 Å². The Bertz CT molecular complexity index is 1200. The molecule has 4 aromatic heterocycles. The second kappa shape index (κ2) is 15.9. The van der Waals surface area contributed by atoms with Crippen LogP contribution in [0.1, 0.15) is 28.6 Å². The molecule has 36 heavy (non-hydrogen) atoms. The highest BCUT2D eigenvalue weighted by Crippen LogP contribution is 2.25. The predicted molar refractivity (Wildman–Crippen MR) is 146 cm³/mol. The molecule has 1 aromatic carbocycles. The maximum absolute atomic E-state index is 4.26. The Morgan fingerprint density at radius 2 is 1.25 bits per heavy atom. The number of hydrogen-bond acceptors (Lipinski definition) is 7. The van der Waals surface area contributed by atoms with Crippen LogP contribution in [0.2, 0.25) is 0 Å². The lowest BCUT2D eigenvalue weighted by atomic mass is 10.2. The lowest BCUT2D eigenvalue weighted by molar-refractivity contribution is 0.790. The van der Waals surface area contributed by atoms with Gasteiger partial charge in [0.25, 0.3) is 0 Å². The van der Waals surface area contributed by atoms with Gasteiger partial charge in [-0.15, -0.1) is 0 Å². The smallest absolute Gasteiger partial charge is 0.172 e. The van der Waals surface area contributed by atoms with Gasteiger partial charge in [-0.1, -0.05) is 35.5 Å². The Kier molecular flexibility index (Phi) is 12.5. The molecule has 7 nitrogen and oxygen atoms in total. The predicted octanol–water partition coefficient (Wildman–Crippen LogP) is 6.15. The minimum absolute atomic E-state index is 0.822. The van der Waals surface area contributed by atoms with E-state index in [2.05, 4.69) is 61.1 Å². The fourth-order valence-electron chi connectivity index (χ4n) is 2.56. The SMILES string of the molecule is Cc1ccc(Sc2nccn2C)cc1.Cc1ccccn1.Cc1ccnc(C)n1.Cc1ncccn1. The van der Waals surface area contributed by atoms with Gasteiger partial charge in [0, 0.05) is 60.5 Å². The highest BCUT2D eigenvalue weighted by Gasteiger charge is 2.01. The van der Waals surface area contributed by atoms with Crippen molar-refractivity contribution in [3.63, 3.8) is 0 Å². The number of rotatable bonds is 2. The molecule has 0 aliphatic carbocycles. The molecule has 0 aliphatic rings. The average Bonchev–Trinajstić information content (AvgIpc) is 3.27. The zero-order valence-corrected chi connectivity index (χ0v) is 22.5. The van der Waals surface area contributed by atoms with Crippen molar-refractivity contribution in [3.05, 3.63) is 120 Å². The molecule has 0 aliphatic heterocycles. The van der Waals surface area contributed by atoms with Gasteiger partial charge < -0.3 is 4.57 Å². The molecular weight excluding hydrogens is 466 g/mol. The van der Waals surface area contributed by atoms with Crippen molar-refractivity contribution in [2.24, 2.45) is 7.05 Å². The third kappa shape index (κ3) is 12.0. The molecule has 0 saturated carbocycles. The molecule has 5 rings (SSSR count). The van der Waals surface area contributed by atoms with Crippen LogP contribution in [-0.2, 0) is 7.05 Å². The van der Waals surface area contributed by atoms with Crippen LogP contribution in [0.25, 0.3) is 0 Å².